The minimum atomic E-state index is -0.458. The summed E-state index contributed by atoms with van der Waals surface area (Å²) >= 11 is 0. The monoisotopic (exact) mass is 713 g/mol. The van der Waals surface area contributed by atoms with Gasteiger partial charge in [0.05, 0.1) is 32.8 Å². The predicted molar refractivity (Wildman–Crippen MR) is 203 cm³/mol. The highest BCUT2D eigenvalue weighted by molar-refractivity contribution is 5.94. The molecular weight excluding hydrogens is 654 g/mol. The molecule has 10 heteroatoms. The number of pyridine rings is 1. The number of anilines is 1. The number of aryl methyl sites for hydroxylation is 2. The number of carbonyl (C=O) groups excluding carboxylic acids is 2. The SMILES string of the molecule is COc1c(C)cc(C23CCC(CN(C(=O)C4CCC(OC(=O)N5CC(O)C5)CC4)c4cc(C5(C)C=NN(C(C)(C)C)C5)ccn4)(CC2)CC3)cc1C. The maximum absolute atomic E-state index is 14.8. The number of aliphatic hydroxyl groups is 1. The van der Waals surface area contributed by atoms with Gasteiger partial charge in [-0.1, -0.05) is 12.1 Å². The van der Waals surface area contributed by atoms with E-state index in [1.54, 1.807) is 7.11 Å². The van der Waals surface area contributed by atoms with Gasteiger partial charge in [-0.2, -0.15) is 5.10 Å². The Morgan fingerprint density at radius 3 is 2.15 bits per heavy atom. The van der Waals surface area contributed by atoms with Crippen molar-refractivity contribution in [1.82, 2.24) is 14.9 Å². The van der Waals surface area contributed by atoms with E-state index >= 15 is 0 Å². The van der Waals surface area contributed by atoms with Crippen molar-refractivity contribution in [1.29, 1.82) is 0 Å². The molecule has 5 fully saturated rings. The third-order valence-electron chi connectivity index (χ3n) is 13.3. The number of fused-ring (bicyclic) bond motifs is 3. The van der Waals surface area contributed by atoms with Gasteiger partial charge in [-0.15, -0.1) is 0 Å². The number of β-amino-alcohol motifs (C(OH)–C–C–N with tert-alkyl or cyclic N) is 1. The average molecular weight is 714 g/mol. The molecular formula is C42H59N5O5. The molecule has 52 heavy (non-hydrogen) atoms. The highest BCUT2D eigenvalue weighted by Crippen LogP contribution is 2.58. The zero-order chi connectivity index (χ0) is 37.1. The fourth-order valence-corrected chi connectivity index (χ4v) is 9.68. The number of hydrogen-bond donors (Lipinski definition) is 1. The predicted octanol–water partition coefficient (Wildman–Crippen LogP) is 7.06. The van der Waals surface area contributed by atoms with Crippen molar-refractivity contribution in [3.05, 3.63) is 52.7 Å². The van der Waals surface area contributed by atoms with E-state index in [1.165, 1.54) is 21.6 Å². The summed E-state index contributed by atoms with van der Waals surface area (Å²) in [6, 6.07) is 8.92. The highest BCUT2D eigenvalue weighted by Gasteiger charge is 2.51. The van der Waals surface area contributed by atoms with Crippen molar-refractivity contribution < 1.29 is 24.2 Å². The van der Waals surface area contributed by atoms with E-state index in [-0.39, 0.29) is 45.8 Å². The van der Waals surface area contributed by atoms with E-state index in [0.717, 1.165) is 62.2 Å². The second-order valence-electron chi connectivity index (χ2n) is 18.1. The van der Waals surface area contributed by atoms with E-state index in [9.17, 15) is 14.7 Å². The lowest BCUT2D eigenvalue weighted by Gasteiger charge is -2.55. The summed E-state index contributed by atoms with van der Waals surface area (Å²) in [5.41, 5.74) is 4.80. The van der Waals surface area contributed by atoms with Crippen LogP contribution < -0.4 is 9.64 Å². The molecule has 2 aliphatic heterocycles. The summed E-state index contributed by atoms with van der Waals surface area (Å²) in [6.45, 7) is 15.2. The van der Waals surface area contributed by atoms with Crippen molar-refractivity contribution in [2.45, 2.75) is 134 Å². The Bertz CT molecular complexity index is 1660. The van der Waals surface area contributed by atoms with Gasteiger partial charge in [0, 0.05) is 35.8 Å². The number of likely N-dealkylation sites (tertiary alicyclic amines) is 1. The highest BCUT2D eigenvalue weighted by atomic mass is 16.6. The Morgan fingerprint density at radius 1 is 0.962 bits per heavy atom. The number of rotatable bonds is 8. The van der Waals surface area contributed by atoms with E-state index in [2.05, 4.69) is 77.0 Å². The largest absolute Gasteiger partial charge is 0.496 e. The number of aromatic nitrogens is 1. The molecule has 6 aliphatic rings. The number of nitrogens with zero attached hydrogens (tertiary/aromatic N) is 5. The Labute approximate surface area is 309 Å². The van der Waals surface area contributed by atoms with Gasteiger partial charge in [-0.3, -0.25) is 14.7 Å². The maximum atomic E-state index is 14.8. The molecule has 1 aromatic heterocycles. The van der Waals surface area contributed by atoms with Gasteiger partial charge < -0.3 is 19.5 Å². The molecule has 1 saturated heterocycles. The minimum Gasteiger partial charge on any atom is -0.496 e. The van der Waals surface area contributed by atoms with Crippen LogP contribution in [0, 0.1) is 25.2 Å². The fraction of sp³-hybridized carbons (Fsp3) is 0.667. The lowest BCUT2D eigenvalue weighted by Crippen LogP contribution is -2.54. The van der Waals surface area contributed by atoms with Crippen LogP contribution in [-0.4, -0.2) is 89.3 Å². The zero-order valence-electron chi connectivity index (χ0n) is 32.4. The zero-order valence-corrected chi connectivity index (χ0v) is 32.4. The van der Waals surface area contributed by atoms with Crippen LogP contribution in [0.2, 0.25) is 0 Å². The normalized spacial score (nSPS) is 30.3. The van der Waals surface area contributed by atoms with Crippen LogP contribution in [0.25, 0.3) is 0 Å². The van der Waals surface area contributed by atoms with Gasteiger partial charge in [0.2, 0.25) is 5.91 Å². The molecule has 2 bridgehead atoms. The molecule has 0 spiro atoms. The van der Waals surface area contributed by atoms with E-state index in [0.29, 0.717) is 45.3 Å². The van der Waals surface area contributed by atoms with Crippen LogP contribution in [0.3, 0.4) is 0 Å². The number of hydrazone groups is 1. The molecule has 282 valence electrons. The van der Waals surface area contributed by atoms with Gasteiger partial charge >= 0.3 is 6.09 Å². The second kappa shape index (κ2) is 13.6. The van der Waals surface area contributed by atoms with E-state index in [4.69, 9.17) is 19.6 Å². The first-order chi connectivity index (χ1) is 24.6. The molecule has 4 saturated carbocycles. The Balaban J connectivity index is 1.11. The summed E-state index contributed by atoms with van der Waals surface area (Å²) in [4.78, 5) is 35.8. The summed E-state index contributed by atoms with van der Waals surface area (Å²) < 4.78 is 11.5. The second-order valence-corrected chi connectivity index (χ2v) is 18.1. The Morgan fingerprint density at radius 2 is 1.60 bits per heavy atom. The molecule has 1 N–H and O–H groups in total. The number of benzene rings is 1. The molecule has 3 heterocycles. The Kier molecular flexibility index (Phi) is 9.62. The van der Waals surface area contributed by atoms with Crippen molar-refractivity contribution in [3.8, 4) is 5.75 Å². The lowest BCUT2D eigenvalue weighted by molar-refractivity contribution is -0.124. The standard InChI is InChI=1S/C42H59N5O5/c1-28-20-32(21-29(2)36(28)51-7)42-16-13-41(14-17-42,15-18-42)27-46(35-22-31(12-19-43-35)40(6)25-44-47(26-40)39(3,4)5)37(49)30-8-10-34(11-9-30)52-38(50)45-23-33(48)24-45/h12,19-22,25,30,33-34,48H,8-11,13-18,23-24,26-27H2,1-7H3. The van der Waals surface area contributed by atoms with Crippen LogP contribution in [0.15, 0.2) is 35.6 Å². The molecule has 0 radical (unpaired) electrons. The van der Waals surface area contributed by atoms with Crippen LogP contribution in [-0.2, 0) is 20.4 Å². The van der Waals surface area contributed by atoms with Crippen molar-refractivity contribution >= 4 is 24.0 Å². The lowest BCUT2D eigenvalue weighted by atomic mass is 9.51. The van der Waals surface area contributed by atoms with Gasteiger partial charge in [0.15, 0.2) is 0 Å². The summed E-state index contributed by atoms with van der Waals surface area (Å²) in [5.74, 6) is 1.70. The van der Waals surface area contributed by atoms with Crippen molar-refractivity contribution in [2.24, 2.45) is 16.4 Å². The van der Waals surface area contributed by atoms with Crippen molar-refractivity contribution in [3.63, 3.8) is 0 Å². The number of amides is 2. The van der Waals surface area contributed by atoms with Crippen LogP contribution in [0.4, 0.5) is 10.6 Å². The summed E-state index contributed by atoms with van der Waals surface area (Å²) in [7, 11) is 1.75. The number of hydrogen-bond acceptors (Lipinski definition) is 8. The van der Waals surface area contributed by atoms with Crippen LogP contribution in [0.5, 0.6) is 5.75 Å². The molecule has 2 amide bonds. The fourth-order valence-electron chi connectivity index (χ4n) is 9.68. The number of aliphatic hydroxyl groups excluding tert-OH is 1. The molecule has 10 nitrogen and oxygen atoms in total. The first-order valence-corrected chi connectivity index (χ1v) is 19.5. The number of methoxy groups -OCH3 is 1. The van der Waals surface area contributed by atoms with E-state index in [1.807, 2.05) is 11.1 Å². The van der Waals surface area contributed by atoms with Gasteiger partial charge in [0.1, 0.15) is 17.7 Å². The molecule has 8 rings (SSSR count). The van der Waals surface area contributed by atoms with Crippen LogP contribution in [0.1, 0.15) is 114 Å². The quantitative estimate of drug-likeness (QED) is 0.312. The maximum Gasteiger partial charge on any atom is 0.410 e. The Hall–Kier alpha value is -3.66. The average Bonchev–Trinajstić information content (AvgIpc) is 3.54. The topological polar surface area (TPSA) is 108 Å². The molecule has 1 aromatic carbocycles. The molecule has 1 atom stereocenters. The molecule has 4 aliphatic carbocycles. The first kappa shape index (κ1) is 36.7. The van der Waals surface area contributed by atoms with E-state index < -0.39 is 6.10 Å². The number of ether oxygens (including phenoxy) is 2. The summed E-state index contributed by atoms with van der Waals surface area (Å²) in [6.07, 6.45) is 12.2. The van der Waals surface area contributed by atoms with Crippen molar-refractivity contribution in [2.75, 3.05) is 38.2 Å². The molecule has 1 unspecified atom stereocenters. The van der Waals surface area contributed by atoms with Gasteiger partial charge in [-0.05, 0) is 151 Å². The minimum absolute atomic E-state index is 0.0436. The third kappa shape index (κ3) is 6.92. The van der Waals surface area contributed by atoms with Gasteiger partial charge in [0.25, 0.3) is 0 Å². The van der Waals surface area contributed by atoms with Crippen LogP contribution >= 0.6 is 0 Å². The van der Waals surface area contributed by atoms with Gasteiger partial charge in [-0.25, -0.2) is 9.78 Å². The number of carbonyl (C=O) groups is 2. The smallest absolute Gasteiger partial charge is 0.410 e. The third-order valence-corrected chi connectivity index (χ3v) is 13.3. The first-order valence-electron chi connectivity index (χ1n) is 19.5. The summed E-state index contributed by atoms with van der Waals surface area (Å²) in [5, 5.41) is 16.5. The molecule has 2 aromatic rings.